The van der Waals surface area contributed by atoms with Gasteiger partial charge in [0.2, 0.25) is 0 Å². The first-order valence-electron chi connectivity index (χ1n) is 4.97. The topological polar surface area (TPSA) is 4.93 Å². The van der Waals surface area contributed by atoms with Crippen LogP contribution in [0.3, 0.4) is 0 Å². The molecule has 0 saturated heterocycles. The van der Waals surface area contributed by atoms with Gasteiger partial charge in [0.1, 0.15) is 0 Å². The summed E-state index contributed by atoms with van der Waals surface area (Å²) in [5.74, 6) is 0. The monoisotopic (exact) mass is 201 g/mol. The second-order valence-electron chi connectivity index (χ2n) is 2.37. The molecular weight excluding hydrogens is 178 g/mol. The van der Waals surface area contributed by atoms with E-state index in [1.807, 2.05) is 37.9 Å². The molecule has 0 N–H and O–H groups in total. The highest BCUT2D eigenvalue weighted by Gasteiger charge is 2.00. The van der Waals surface area contributed by atoms with Crippen LogP contribution < -0.4 is 0 Å². The van der Waals surface area contributed by atoms with E-state index in [4.69, 9.17) is 0 Å². The fraction of sp³-hybridized carbons (Fsp3) is 0.636. The largest absolute Gasteiger partial charge is 0.298 e. The first-order chi connectivity index (χ1) is 6.13. The van der Waals surface area contributed by atoms with E-state index in [1.54, 1.807) is 0 Å². The van der Waals surface area contributed by atoms with Gasteiger partial charge in [-0.15, -0.1) is 0 Å². The van der Waals surface area contributed by atoms with E-state index >= 15 is 0 Å². The number of aromatic nitrogens is 1. The molecule has 0 unspecified atom stereocenters. The van der Waals surface area contributed by atoms with Gasteiger partial charge in [0.05, 0.1) is 0 Å². The van der Waals surface area contributed by atoms with E-state index in [9.17, 15) is 0 Å². The summed E-state index contributed by atoms with van der Waals surface area (Å²) in [5.41, 5.74) is 3.88. The molecule has 1 aromatic rings. The Hall–Kier alpha value is -0.370. The van der Waals surface area contributed by atoms with Gasteiger partial charge >= 0.3 is 0 Å². The first-order valence-corrected chi connectivity index (χ1v) is 5.37. The lowest BCUT2D eigenvalue weighted by Crippen LogP contribution is -1.80. The maximum atomic E-state index is 4.21. The van der Waals surface area contributed by atoms with Crippen LogP contribution in [-0.2, 0) is 0 Å². The number of hydrogen-bond acceptors (Lipinski definition) is 1. The quantitative estimate of drug-likeness (QED) is 0.601. The predicted octanol–water partition coefficient (Wildman–Crippen LogP) is 4.16. The highest BCUT2D eigenvalue weighted by molar-refractivity contribution is 7.78. The van der Waals surface area contributed by atoms with Crippen molar-refractivity contribution < 1.29 is 0 Å². The van der Waals surface area contributed by atoms with Crippen LogP contribution >= 0.6 is 12.8 Å². The van der Waals surface area contributed by atoms with E-state index < -0.39 is 0 Å². The highest BCUT2D eigenvalue weighted by atomic mass is 32.1. The number of thiol groups is 1. The van der Waals surface area contributed by atoms with Gasteiger partial charge in [0.15, 0.2) is 0 Å². The van der Waals surface area contributed by atoms with Crippen LogP contribution in [0.15, 0.2) is 6.20 Å². The summed E-state index contributed by atoms with van der Waals surface area (Å²) in [6, 6.07) is 0. The van der Waals surface area contributed by atoms with E-state index in [0.29, 0.717) is 0 Å². The number of hydrogen-bond donors (Lipinski definition) is 1. The lowest BCUT2D eigenvalue weighted by Gasteiger charge is -1.92. The average Bonchev–Trinajstić information content (AvgIpc) is 2.40. The molecule has 2 heteroatoms. The Morgan fingerprint density at radius 1 is 1.00 bits per heavy atom. The van der Waals surface area contributed by atoms with Gasteiger partial charge in [-0.3, -0.25) is 3.97 Å². The fourth-order valence-corrected chi connectivity index (χ4v) is 1.16. The number of rotatable bonds is 0. The van der Waals surface area contributed by atoms with Crippen LogP contribution in [0.2, 0.25) is 0 Å². The summed E-state index contributed by atoms with van der Waals surface area (Å²) in [4.78, 5) is 0. The van der Waals surface area contributed by atoms with Crippen molar-refractivity contribution in [2.45, 2.75) is 48.5 Å². The molecule has 0 bridgehead atoms. The van der Waals surface area contributed by atoms with Crippen LogP contribution in [-0.4, -0.2) is 3.97 Å². The van der Waals surface area contributed by atoms with E-state index in [2.05, 4.69) is 33.6 Å². The van der Waals surface area contributed by atoms with Crippen molar-refractivity contribution in [3.63, 3.8) is 0 Å². The van der Waals surface area contributed by atoms with E-state index in [-0.39, 0.29) is 0 Å². The molecule has 0 spiro atoms. The fourth-order valence-electron chi connectivity index (χ4n) is 0.834. The van der Waals surface area contributed by atoms with Crippen molar-refractivity contribution in [2.24, 2.45) is 0 Å². The molecule has 0 radical (unpaired) electrons. The Morgan fingerprint density at radius 3 is 1.46 bits per heavy atom. The Bertz CT molecular complexity index is 204. The molecule has 1 aromatic heterocycles. The summed E-state index contributed by atoms with van der Waals surface area (Å²) in [6.07, 6.45) is 2.02. The molecule has 0 aliphatic carbocycles. The smallest absolute Gasteiger partial charge is 0.0291 e. The molecule has 0 aliphatic heterocycles. The third kappa shape index (κ3) is 4.41. The Labute approximate surface area is 88.7 Å². The minimum Gasteiger partial charge on any atom is -0.298 e. The van der Waals surface area contributed by atoms with Gasteiger partial charge in [-0.05, 0) is 31.9 Å². The van der Waals surface area contributed by atoms with Gasteiger partial charge in [0.25, 0.3) is 0 Å². The van der Waals surface area contributed by atoms with Gasteiger partial charge in [-0.1, -0.05) is 40.5 Å². The zero-order valence-electron chi connectivity index (χ0n) is 9.97. The minimum absolute atomic E-state index is 1.23. The second-order valence-corrected chi connectivity index (χ2v) is 2.80. The summed E-state index contributed by atoms with van der Waals surface area (Å²) in [7, 11) is 0. The van der Waals surface area contributed by atoms with Crippen molar-refractivity contribution in [3.8, 4) is 0 Å². The maximum absolute atomic E-state index is 4.21. The van der Waals surface area contributed by atoms with Crippen molar-refractivity contribution in [1.29, 1.82) is 0 Å². The standard InChI is InChI=1S/C7H11NS.2C2H6/c1-5-4-8(9)7(3)6(5)2;2*1-2/h4,9H,1-3H3;2*1-2H3. The second kappa shape index (κ2) is 8.24. The third-order valence-electron chi connectivity index (χ3n) is 1.79. The summed E-state index contributed by atoms with van der Waals surface area (Å²) in [6.45, 7) is 14.3. The van der Waals surface area contributed by atoms with E-state index in [0.717, 1.165) is 0 Å². The van der Waals surface area contributed by atoms with Crippen molar-refractivity contribution >= 4 is 12.8 Å². The molecule has 1 rings (SSSR count). The van der Waals surface area contributed by atoms with Gasteiger partial charge in [0, 0.05) is 11.9 Å². The lowest BCUT2D eigenvalue weighted by atomic mass is 10.2. The van der Waals surface area contributed by atoms with Crippen molar-refractivity contribution in [3.05, 3.63) is 23.0 Å². The van der Waals surface area contributed by atoms with Crippen molar-refractivity contribution in [1.82, 2.24) is 3.97 Å². The Balaban J connectivity index is 0. The number of nitrogens with zero attached hydrogens (tertiary/aromatic N) is 1. The molecule has 0 saturated carbocycles. The zero-order chi connectivity index (χ0) is 11.0. The maximum Gasteiger partial charge on any atom is 0.0291 e. The van der Waals surface area contributed by atoms with E-state index in [1.165, 1.54) is 16.8 Å². The van der Waals surface area contributed by atoms with Crippen LogP contribution in [0.5, 0.6) is 0 Å². The van der Waals surface area contributed by atoms with Gasteiger partial charge in [-0.25, -0.2) is 0 Å². The molecule has 0 atom stereocenters. The molecule has 1 heterocycles. The molecule has 0 amide bonds. The van der Waals surface area contributed by atoms with Crippen LogP contribution in [0.25, 0.3) is 0 Å². The lowest BCUT2D eigenvalue weighted by molar-refractivity contribution is 1.16. The average molecular weight is 201 g/mol. The molecular formula is C11H23NS. The van der Waals surface area contributed by atoms with Crippen LogP contribution in [0.4, 0.5) is 0 Å². The van der Waals surface area contributed by atoms with Crippen LogP contribution in [0, 0.1) is 20.8 Å². The van der Waals surface area contributed by atoms with Gasteiger partial charge in [-0.2, -0.15) is 0 Å². The summed E-state index contributed by atoms with van der Waals surface area (Å²) in [5, 5.41) is 0. The SMILES string of the molecule is CC.CC.Cc1cn(S)c(C)c1C. The molecule has 0 aliphatic rings. The zero-order valence-corrected chi connectivity index (χ0v) is 10.9. The molecule has 0 fully saturated rings. The molecule has 13 heavy (non-hydrogen) atoms. The highest BCUT2D eigenvalue weighted by Crippen LogP contribution is 2.14. The molecule has 1 nitrogen and oxygen atoms in total. The first kappa shape index (κ1) is 15.1. The third-order valence-corrected chi connectivity index (χ3v) is 2.21. The Morgan fingerprint density at radius 2 is 1.38 bits per heavy atom. The summed E-state index contributed by atoms with van der Waals surface area (Å²) < 4.78 is 1.85. The molecule has 78 valence electrons. The van der Waals surface area contributed by atoms with Gasteiger partial charge < -0.3 is 0 Å². The van der Waals surface area contributed by atoms with Crippen molar-refractivity contribution in [2.75, 3.05) is 0 Å². The normalized spacial score (nSPS) is 8.00. The summed E-state index contributed by atoms with van der Waals surface area (Å²) >= 11 is 4.21. The minimum atomic E-state index is 1.23. The number of aryl methyl sites for hydroxylation is 1. The Kier molecular flexibility index (Phi) is 9.58. The molecule has 0 aromatic carbocycles. The van der Waals surface area contributed by atoms with Crippen LogP contribution in [0.1, 0.15) is 44.5 Å². The predicted molar refractivity (Wildman–Crippen MR) is 65.7 cm³/mol.